The van der Waals surface area contributed by atoms with Crippen LogP contribution in [0.2, 0.25) is 0 Å². The van der Waals surface area contributed by atoms with E-state index in [1.807, 2.05) is 0 Å². The first kappa shape index (κ1) is 12.5. The zero-order valence-corrected chi connectivity index (χ0v) is 10.5. The summed E-state index contributed by atoms with van der Waals surface area (Å²) in [6.07, 6.45) is 5.18. The van der Waals surface area contributed by atoms with Gasteiger partial charge in [-0.25, -0.2) is 13.1 Å². The number of sulfonamides is 1. The highest BCUT2D eigenvalue weighted by Crippen LogP contribution is 2.13. The molecule has 1 aliphatic heterocycles. The van der Waals surface area contributed by atoms with Gasteiger partial charge in [-0.15, -0.1) is 0 Å². The van der Waals surface area contributed by atoms with Crippen molar-refractivity contribution >= 4 is 10.0 Å². The molecular formula is C10H18N4O2S. The van der Waals surface area contributed by atoms with Crippen LogP contribution in [0, 0.1) is 5.92 Å². The van der Waals surface area contributed by atoms with E-state index >= 15 is 0 Å². The Hall–Kier alpha value is -0.920. The van der Waals surface area contributed by atoms with Crippen molar-refractivity contribution in [2.45, 2.75) is 19.4 Å². The van der Waals surface area contributed by atoms with Gasteiger partial charge in [0.2, 0.25) is 10.0 Å². The van der Waals surface area contributed by atoms with Gasteiger partial charge in [-0.2, -0.15) is 5.10 Å². The van der Waals surface area contributed by atoms with Crippen LogP contribution >= 0.6 is 0 Å². The number of piperidine rings is 1. The maximum absolute atomic E-state index is 11.8. The van der Waals surface area contributed by atoms with Crippen LogP contribution in [0.15, 0.2) is 12.4 Å². The molecule has 0 bridgehead atoms. The van der Waals surface area contributed by atoms with Crippen molar-refractivity contribution in [2.75, 3.05) is 18.8 Å². The molecular weight excluding hydrogens is 240 g/mol. The lowest BCUT2D eigenvalue weighted by Gasteiger charge is -2.22. The highest BCUT2D eigenvalue weighted by molar-refractivity contribution is 7.89. The van der Waals surface area contributed by atoms with Crippen LogP contribution in [-0.4, -0.2) is 37.5 Å². The monoisotopic (exact) mass is 258 g/mol. The maximum Gasteiger partial charge on any atom is 0.212 e. The van der Waals surface area contributed by atoms with Gasteiger partial charge in [-0.3, -0.25) is 5.10 Å². The maximum atomic E-state index is 11.8. The van der Waals surface area contributed by atoms with E-state index < -0.39 is 10.0 Å². The molecule has 0 amide bonds. The quantitative estimate of drug-likeness (QED) is 0.684. The lowest BCUT2D eigenvalue weighted by atomic mass is 10.0. The molecule has 0 aliphatic carbocycles. The Balaban J connectivity index is 1.81. The number of aromatic nitrogens is 2. The fourth-order valence-electron chi connectivity index (χ4n) is 1.99. The van der Waals surface area contributed by atoms with Gasteiger partial charge in [-0.1, -0.05) is 0 Å². The number of nitrogens with zero attached hydrogens (tertiary/aromatic N) is 1. The normalized spacial score (nSPS) is 18.4. The molecule has 0 radical (unpaired) electrons. The number of H-pyrrole nitrogens is 1. The largest absolute Gasteiger partial charge is 0.317 e. The zero-order chi connectivity index (χ0) is 12.1. The van der Waals surface area contributed by atoms with Gasteiger partial charge in [-0.05, 0) is 31.8 Å². The summed E-state index contributed by atoms with van der Waals surface area (Å²) < 4.78 is 26.3. The molecule has 1 aromatic rings. The van der Waals surface area contributed by atoms with Gasteiger partial charge in [0.05, 0.1) is 11.9 Å². The summed E-state index contributed by atoms with van der Waals surface area (Å²) in [5, 5.41) is 9.65. The van der Waals surface area contributed by atoms with Gasteiger partial charge < -0.3 is 5.32 Å². The number of hydrogen-bond donors (Lipinski definition) is 3. The average Bonchev–Trinajstić information content (AvgIpc) is 2.80. The van der Waals surface area contributed by atoms with Crippen LogP contribution in [0.4, 0.5) is 0 Å². The Labute approximate surface area is 101 Å². The zero-order valence-electron chi connectivity index (χ0n) is 9.65. The molecule has 6 nitrogen and oxygen atoms in total. The van der Waals surface area contributed by atoms with Gasteiger partial charge in [0.15, 0.2) is 0 Å². The number of hydrogen-bond acceptors (Lipinski definition) is 4. The van der Waals surface area contributed by atoms with Crippen molar-refractivity contribution in [2.24, 2.45) is 5.92 Å². The van der Waals surface area contributed by atoms with E-state index in [0.717, 1.165) is 31.5 Å². The molecule has 7 heteroatoms. The molecule has 96 valence electrons. The second-order valence-corrected chi connectivity index (χ2v) is 6.25. The molecule has 17 heavy (non-hydrogen) atoms. The third-order valence-electron chi connectivity index (χ3n) is 2.96. The Kier molecular flexibility index (Phi) is 4.14. The van der Waals surface area contributed by atoms with Crippen molar-refractivity contribution in [1.29, 1.82) is 0 Å². The predicted molar refractivity (Wildman–Crippen MR) is 64.8 cm³/mol. The number of nitrogens with one attached hydrogen (secondary N) is 3. The lowest BCUT2D eigenvalue weighted by Crippen LogP contribution is -2.35. The first-order valence-electron chi connectivity index (χ1n) is 5.81. The Morgan fingerprint density at radius 1 is 1.41 bits per heavy atom. The van der Waals surface area contributed by atoms with Gasteiger partial charge in [0.1, 0.15) is 0 Å². The molecule has 0 saturated carbocycles. The van der Waals surface area contributed by atoms with E-state index in [1.165, 1.54) is 0 Å². The molecule has 1 saturated heterocycles. The Morgan fingerprint density at radius 3 is 2.82 bits per heavy atom. The molecule has 2 heterocycles. The third-order valence-corrected chi connectivity index (χ3v) is 4.46. The molecule has 1 aromatic heterocycles. The number of rotatable bonds is 5. The summed E-state index contributed by atoms with van der Waals surface area (Å²) in [6.45, 7) is 2.15. The summed E-state index contributed by atoms with van der Waals surface area (Å²) in [5.74, 6) is 0.505. The van der Waals surface area contributed by atoms with E-state index in [1.54, 1.807) is 12.4 Å². The molecule has 1 aliphatic rings. The van der Waals surface area contributed by atoms with Crippen LogP contribution in [0.25, 0.3) is 0 Å². The van der Waals surface area contributed by atoms with Gasteiger partial charge >= 0.3 is 0 Å². The Morgan fingerprint density at radius 2 is 2.18 bits per heavy atom. The summed E-state index contributed by atoms with van der Waals surface area (Å²) in [7, 11) is -3.18. The van der Waals surface area contributed by atoms with E-state index in [2.05, 4.69) is 20.2 Å². The molecule has 0 atom stereocenters. The first-order valence-corrected chi connectivity index (χ1v) is 7.47. The second-order valence-electron chi connectivity index (χ2n) is 4.40. The van der Waals surface area contributed by atoms with Crippen LogP contribution in [0.1, 0.15) is 18.4 Å². The van der Waals surface area contributed by atoms with Crippen LogP contribution in [0.3, 0.4) is 0 Å². The topological polar surface area (TPSA) is 86.9 Å². The van der Waals surface area contributed by atoms with Gasteiger partial charge in [0.25, 0.3) is 0 Å². The fraction of sp³-hybridized carbons (Fsp3) is 0.700. The van der Waals surface area contributed by atoms with Crippen LogP contribution < -0.4 is 10.0 Å². The van der Waals surface area contributed by atoms with Gasteiger partial charge in [0, 0.05) is 18.3 Å². The molecule has 0 unspecified atom stereocenters. The third kappa shape index (κ3) is 4.10. The minimum atomic E-state index is -3.18. The summed E-state index contributed by atoms with van der Waals surface area (Å²) >= 11 is 0. The second kappa shape index (κ2) is 5.61. The SMILES string of the molecule is O=S(=O)(CC1CCNCC1)NCc1cn[nH]c1. The number of aromatic amines is 1. The highest BCUT2D eigenvalue weighted by atomic mass is 32.2. The molecule has 3 N–H and O–H groups in total. The smallest absolute Gasteiger partial charge is 0.212 e. The summed E-state index contributed by atoms with van der Waals surface area (Å²) in [6, 6.07) is 0. The van der Waals surface area contributed by atoms with Crippen LogP contribution in [-0.2, 0) is 16.6 Å². The fourth-order valence-corrected chi connectivity index (χ4v) is 3.44. The highest BCUT2D eigenvalue weighted by Gasteiger charge is 2.20. The summed E-state index contributed by atoms with van der Waals surface area (Å²) in [4.78, 5) is 0. The van der Waals surface area contributed by atoms with Crippen molar-refractivity contribution in [3.63, 3.8) is 0 Å². The molecule has 0 aromatic carbocycles. The van der Waals surface area contributed by atoms with Crippen molar-refractivity contribution in [3.8, 4) is 0 Å². The average molecular weight is 258 g/mol. The van der Waals surface area contributed by atoms with E-state index in [9.17, 15) is 8.42 Å². The predicted octanol–water partition coefficient (Wildman–Crippen LogP) is -0.171. The minimum Gasteiger partial charge on any atom is -0.317 e. The van der Waals surface area contributed by atoms with Crippen LogP contribution in [0.5, 0.6) is 0 Å². The van der Waals surface area contributed by atoms with E-state index in [0.29, 0.717) is 6.54 Å². The lowest BCUT2D eigenvalue weighted by molar-refractivity contribution is 0.400. The van der Waals surface area contributed by atoms with E-state index in [-0.39, 0.29) is 11.7 Å². The molecule has 1 fully saturated rings. The molecule has 2 rings (SSSR count). The summed E-state index contributed by atoms with van der Waals surface area (Å²) in [5.41, 5.74) is 0.846. The first-order chi connectivity index (χ1) is 8.16. The minimum absolute atomic E-state index is 0.229. The van der Waals surface area contributed by atoms with Crippen molar-refractivity contribution < 1.29 is 8.42 Å². The molecule has 0 spiro atoms. The Bertz CT molecular complexity index is 423. The van der Waals surface area contributed by atoms with Crippen molar-refractivity contribution in [3.05, 3.63) is 18.0 Å². The van der Waals surface area contributed by atoms with Crippen molar-refractivity contribution in [1.82, 2.24) is 20.2 Å². The van der Waals surface area contributed by atoms with E-state index in [4.69, 9.17) is 0 Å². The standard InChI is InChI=1S/C10H18N4O2S/c15-17(16,8-9-1-3-11-4-2-9)14-7-10-5-12-13-6-10/h5-6,9,11,14H,1-4,7-8H2,(H,12,13).